The van der Waals surface area contributed by atoms with Gasteiger partial charge in [0.1, 0.15) is 48.4 Å². The molecule has 0 aliphatic carbocycles. The first kappa shape index (κ1) is 22.8. The molecule has 2 unspecified atom stereocenters. The van der Waals surface area contributed by atoms with Crippen molar-refractivity contribution in [1.29, 1.82) is 0 Å². The zero-order chi connectivity index (χ0) is 20.9. The molecule has 0 aliphatic heterocycles. The number of hydrogen-bond donors (Lipinski definition) is 0. The van der Waals surface area contributed by atoms with E-state index < -0.39 is 0 Å². The fourth-order valence-electron chi connectivity index (χ4n) is 2.42. The summed E-state index contributed by atoms with van der Waals surface area (Å²) < 4.78 is 38.3. The van der Waals surface area contributed by atoms with Crippen LogP contribution in [0.1, 0.15) is 0 Å². The Balaban J connectivity index is 1.68. The lowest BCUT2D eigenvalue weighted by molar-refractivity contribution is -0.0556. The molecular formula is C22H30O7. The molecule has 0 aliphatic rings. The van der Waals surface area contributed by atoms with E-state index >= 15 is 0 Å². The van der Waals surface area contributed by atoms with Crippen molar-refractivity contribution in [3.05, 3.63) is 48.5 Å². The third-order valence-corrected chi connectivity index (χ3v) is 4.26. The van der Waals surface area contributed by atoms with Gasteiger partial charge in [0.15, 0.2) is 0 Å². The molecule has 2 aromatic rings. The summed E-state index contributed by atoms with van der Waals surface area (Å²) in [5.41, 5.74) is 0. The maximum absolute atomic E-state index is 5.74. The summed E-state index contributed by atoms with van der Waals surface area (Å²) in [6, 6.07) is 14.8. The number of benzene rings is 2. The van der Waals surface area contributed by atoms with Crippen LogP contribution in [0.25, 0.3) is 0 Å². The van der Waals surface area contributed by atoms with Gasteiger partial charge in [0.05, 0.1) is 27.4 Å². The molecule has 0 N–H and O–H groups in total. The fraction of sp³-hybridized carbons (Fsp3) is 0.455. The van der Waals surface area contributed by atoms with Crippen LogP contribution in [-0.2, 0) is 14.2 Å². The van der Waals surface area contributed by atoms with E-state index in [9.17, 15) is 0 Å². The van der Waals surface area contributed by atoms with E-state index in [1.807, 2.05) is 48.5 Å². The molecule has 0 heterocycles. The first-order valence-corrected chi connectivity index (χ1v) is 9.35. The van der Waals surface area contributed by atoms with Gasteiger partial charge in [-0.1, -0.05) is 0 Å². The minimum atomic E-state index is -0.197. The lowest BCUT2D eigenvalue weighted by Gasteiger charge is -2.20. The zero-order valence-electron chi connectivity index (χ0n) is 17.5. The molecule has 0 bridgehead atoms. The van der Waals surface area contributed by atoms with E-state index in [-0.39, 0.29) is 12.2 Å². The lowest BCUT2D eigenvalue weighted by atomic mass is 10.3. The molecule has 0 radical (unpaired) electrons. The summed E-state index contributed by atoms with van der Waals surface area (Å²) in [5, 5.41) is 0. The van der Waals surface area contributed by atoms with Crippen molar-refractivity contribution in [2.75, 3.05) is 54.9 Å². The van der Waals surface area contributed by atoms with Crippen LogP contribution in [0.15, 0.2) is 48.5 Å². The van der Waals surface area contributed by atoms with E-state index in [0.717, 1.165) is 23.0 Å². The summed E-state index contributed by atoms with van der Waals surface area (Å²) in [5.74, 6) is 3.06. The Hall–Kier alpha value is -2.48. The molecule has 2 rings (SSSR count). The molecule has 0 amide bonds. The molecule has 0 fully saturated rings. The number of rotatable bonds is 14. The predicted octanol–water partition coefficient (Wildman–Crippen LogP) is 3.21. The summed E-state index contributed by atoms with van der Waals surface area (Å²) in [4.78, 5) is 0. The summed E-state index contributed by atoms with van der Waals surface area (Å²) in [7, 11) is 6.52. The molecule has 7 heteroatoms. The second kappa shape index (κ2) is 12.9. The lowest BCUT2D eigenvalue weighted by Crippen LogP contribution is -2.31. The molecule has 0 spiro atoms. The highest BCUT2D eigenvalue weighted by molar-refractivity contribution is 5.31. The van der Waals surface area contributed by atoms with Gasteiger partial charge in [0, 0.05) is 14.2 Å². The normalized spacial score (nSPS) is 12.8. The minimum absolute atomic E-state index is 0.197. The third kappa shape index (κ3) is 8.19. The Bertz CT molecular complexity index is 613. The van der Waals surface area contributed by atoms with E-state index in [4.69, 9.17) is 33.2 Å². The molecular weight excluding hydrogens is 376 g/mol. The Morgan fingerprint density at radius 3 is 1.17 bits per heavy atom. The maximum Gasteiger partial charge on any atom is 0.119 e. The monoisotopic (exact) mass is 406 g/mol. The summed E-state index contributed by atoms with van der Waals surface area (Å²) >= 11 is 0. The zero-order valence-corrected chi connectivity index (χ0v) is 17.5. The maximum atomic E-state index is 5.74. The van der Waals surface area contributed by atoms with Gasteiger partial charge >= 0.3 is 0 Å². The van der Waals surface area contributed by atoms with E-state index in [0.29, 0.717) is 26.4 Å². The van der Waals surface area contributed by atoms with Crippen molar-refractivity contribution < 1.29 is 33.2 Å². The van der Waals surface area contributed by atoms with Crippen LogP contribution in [0.3, 0.4) is 0 Å². The fourth-order valence-corrected chi connectivity index (χ4v) is 2.42. The highest BCUT2D eigenvalue weighted by atomic mass is 16.6. The molecule has 160 valence electrons. The van der Waals surface area contributed by atoms with Crippen molar-refractivity contribution in [3.8, 4) is 23.0 Å². The number of ether oxygens (including phenoxy) is 7. The largest absolute Gasteiger partial charge is 0.497 e. The first-order chi connectivity index (χ1) is 14.2. The van der Waals surface area contributed by atoms with Gasteiger partial charge < -0.3 is 33.2 Å². The SMILES string of the molecule is COc1ccc(OCC(COCC(COc2ccc(OC)cc2)OC)OC)cc1. The van der Waals surface area contributed by atoms with Crippen LogP contribution < -0.4 is 18.9 Å². The number of methoxy groups -OCH3 is 4. The molecule has 0 saturated heterocycles. The van der Waals surface area contributed by atoms with Crippen LogP contribution in [0.2, 0.25) is 0 Å². The van der Waals surface area contributed by atoms with Crippen LogP contribution in [0, 0.1) is 0 Å². The van der Waals surface area contributed by atoms with Crippen LogP contribution >= 0.6 is 0 Å². The van der Waals surface area contributed by atoms with Crippen molar-refractivity contribution >= 4 is 0 Å². The van der Waals surface area contributed by atoms with Crippen molar-refractivity contribution in [3.63, 3.8) is 0 Å². The molecule has 2 aromatic carbocycles. The van der Waals surface area contributed by atoms with Crippen molar-refractivity contribution in [1.82, 2.24) is 0 Å². The highest BCUT2D eigenvalue weighted by Gasteiger charge is 2.13. The second-order valence-corrected chi connectivity index (χ2v) is 6.23. The molecule has 0 aromatic heterocycles. The Morgan fingerprint density at radius 1 is 0.517 bits per heavy atom. The predicted molar refractivity (Wildman–Crippen MR) is 109 cm³/mol. The van der Waals surface area contributed by atoms with Crippen molar-refractivity contribution in [2.45, 2.75) is 12.2 Å². The standard InChI is InChI=1S/C22H30O7/c1-23-17-5-9-19(10-6-17)28-15-21(25-3)13-27-14-22(26-4)16-29-20-11-7-18(24-2)8-12-20/h5-12,21-22H,13-16H2,1-4H3. The summed E-state index contributed by atoms with van der Waals surface area (Å²) in [6.07, 6.45) is -0.394. The Morgan fingerprint density at radius 2 is 0.862 bits per heavy atom. The average molecular weight is 406 g/mol. The molecule has 7 nitrogen and oxygen atoms in total. The van der Waals surface area contributed by atoms with Crippen LogP contribution in [0.4, 0.5) is 0 Å². The number of hydrogen-bond acceptors (Lipinski definition) is 7. The first-order valence-electron chi connectivity index (χ1n) is 9.35. The van der Waals surface area contributed by atoms with Gasteiger partial charge in [-0.3, -0.25) is 0 Å². The van der Waals surface area contributed by atoms with E-state index in [1.54, 1.807) is 28.4 Å². The molecule has 2 atom stereocenters. The minimum Gasteiger partial charge on any atom is -0.497 e. The van der Waals surface area contributed by atoms with Gasteiger partial charge in [-0.05, 0) is 48.5 Å². The van der Waals surface area contributed by atoms with Gasteiger partial charge in [-0.2, -0.15) is 0 Å². The topological polar surface area (TPSA) is 64.6 Å². The van der Waals surface area contributed by atoms with E-state index in [1.165, 1.54) is 0 Å². The van der Waals surface area contributed by atoms with E-state index in [2.05, 4.69) is 0 Å². The van der Waals surface area contributed by atoms with Gasteiger partial charge in [-0.15, -0.1) is 0 Å². The molecule has 0 saturated carbocycles. The second-order valence-electron chi connectivity index (χ2n) is 6.23. The third-order valence-electron chi connectivity index (χ3n) is 4.26. The van der Waals surface area contributed by atoms with Crippen molar-refractivity contribution in [2.24, 2.45) is 0 Å². The van der Waals surface area contributed by atoms with Crippen LogP contribution in [0.5, 0.6) is 23.0 Å². The highest BCUT2D eigenvalue weighted by Crippen LogP contribution is 2.18. The van der Waals surface area contributed by atoms with Gasteiger partial charge in [0.2, 0.25) is 0 Å². The molecule has 29 heavy (non-hydrogen) atoms. The average Bonchev–Trinajstić information content (AvgIpc) is 2.78. The quantitative estimate of drug-likeness (QED) is 0.477. The van der Waals surface area contributed by atoms with Gasteiger partial charge in [-0.25, -0.2) is 0 Å². The van der Waals surface area contributed by atoms with Crippen LogP contribution in [-0.4, -0.2) is 67.1 Å². The van der Waals surface area contributed by atoms with Gasteiger partial charge in [0.25, 0.3) is 0 Å². The Labute approximate surface area is 172 Å². The summed E-state index contributed by atoms with van der Waals surface area (Å²) in [6.45, 7) is 1.52. The Kier molecular flexibility index (Phi) is 10.1. The smallest absolute Gasteiger partial charge is 0.119 e.